The number of carboxylic acids is 1. The van der Waals surface area contributed by atoms with Crippen LogP contribution in [0.15, 0.2) is 4.99 Å². The lowest BCUT2D eigenvalue weighted by atomic mass is 10.0. The van der Waals surface area contributed by atoms with E-state index >= 15 is 0 Å². The molecule has 12 heteroatoms. The summed E-state index contributed by atoms with van der Waals surface area (Å²) < 4.78 is 0. The van der Waals surface area contributed by atoms with Crippen molar-refractivity contribution in [3.05, 3.63) is 0 Å². The molecule has 182 valence electrons. The monoisotopic (exact) mass is 455 g/mol. The number of carbonyl (C=O) groups excluding carboxylic acids is 3. The van der Waals surface area contributed by atoms with Gasteiger partial charge in [0.2, 0.25) is 17.7 Å². The lowest BCUT2D eigenvalue weighted by Crippen LogP contribution is -2.56. The number of hydrogen-bond acceptors (Lipinski definition) is 6. The number of carbonyl (C=O) groups is 4. The molecule has 0 saturated carbocycles. The fourth-order valence-electron chi connectivity index (χ4n) is 3.53. The Balaban J connectivity index is 2.93. The van der Waals surface area contributed by atoms with Gasteiger partial charge in [-0.15, -0.1) is 0 Å². The molecule has 0 bridgehead atoms. The molecule has 1 rings (SSSR count). The predicted octanol–water partition coefficient (Wildman–Crippen LogP) is -1.52. The van der Waals surface area contributed by atoms with Crippen LogP contribution >= 0.6 is 0 Å². The van der Waals surface area contributed by atoms with Gasteiger partial charge >= 0.3 is 5.97 Å². The molecule has 1 fully saturated rings. The van der Waals surface area contributed by atoms with Crippen LogP contribution in [-0.4, -0.2) is 76.9 Å². The number of aliphatic carboxylic acids is 1. The van der Waals surface area contributed by atoms with E-state index in [2.05, 4.69) is 15.6 Å². The summed E-state index contributed by atoms with van der Waals surface area (Å²) >= 11 is 0. The van der Waals surface area contributed by atoms with E-state index in [4.69, 9.17) is 17.2 Å². The fourth-order valence-corrected chi connectivity index (χ4v) is 3.53. The predicted molar refractivity (Wildman–Crippen MR) is 119 cm³/mol. The van der Waals surface area contributed by atoms with E-state index in [1.165, 1.54) is 11.8 Å². The highest BCUT2D eigenvalue weighted by atomic mass is 16.4. The molecule has 0 aromatic carbocycles. The van der Waals surface area contributed by atoms with Crippen LogP contribution in [0.5, 0.6) is 0 Å². The first-order valence-electron chi connectivity index (χ1n) is 10.9. The van der Waals surface area contributed by atoms with Crippen molar-refractivity contribution in [2.75, 3.05) is 13.1 Å². The minimum absolute atomic E-state index is 0.0702. The zero-order valence-electron chi connectivity index (χ0n) is 19.0. The number of hydrogen-bond donors (Lipinski definition) is 6. The van der Waals surface area contributed by atoms with E-state index in [0.29, 0.717) is 25.8 Å². The van der Waals surface area contributed by atoms with Crippen LogP contribution < -0.4 is 27.8 Å². The molecular weight excluding hydrogens is 418 g/mol. The summed E-state index contributed by atoms with van der Waals surface area (Å²) in [6, 6.07) is -3.55. The Morgan fingerprint density at radius 3 is 2.31 bits per heavy atom. The topological polar surface area (TPSA) is 206 Å². The van der Waals surface area contributed by atoms with Crippen molar-refractivity contribution in [1.82, 2.24) is 15.5 Å². The summed E-state index contributed by atoms with van der Waals surface area (Å²) in [5.74, 6) is -2.55. The lowest BCUT2D eigenvalue weighted by Gasteiger charge is -2.30. The minimum Gasteiger partial charge on any atom is -0.480 e. The van der Waals surface area contributed by atoms with E-state index in [1.54, 1.807) is 0 Å². The molecule has 0 unspecified atom stereocenters. The van der Waals surface area contributed by atoms with Gasteiger partial charge in [-0.1, -0.05) is 13.8 Å². The number of likely N-dealkylation sites (tertiary alicyclic amines) is 1. The van der Waals surface area contributed by atoms with Gasteiger partial charge < -0.3 is 37.8 Å². The molecule has 0 radical (unpaired) electrons. The summed E-state index contributed by atoms with van der Waals surface area (Å²) in [4.78, 5) is 55.0. The van der Waals surface area contributed by atoms with Gasteiger partial charge in [-0.2, -0.15) is 0 Å². The quantitative estimate of drug-likeness (QED) is 0.115. The third-order valence-corrected chi connectivity index (χ3v) is 5.13. The standard InChI is InChI=1S/C20H37N7O5/c1-11(2)10-14(19(31)32)26-17(29)15-7-5-9-27(15)18(30)13(25-16(28)12(3)21)6-4-8-24-20(22)23/h11-15H,4-10,21H2,1-3H3,(H,25,28)(H,26,29)(H,31,32)(H4,22,23,24)/t12-,13-,14-,15-/m0/s1. The van der Waals surface area contributed by atoms with E-state index < -0.39 is 47.9 Å². The number of nitrogens with two attached hydrogens (primary N) is 3. The first-order valence-corrected chi connectivity index (χ1v) is 10.9. The van der Waals surface area contributed by atoms with Crippen LogP contribution in [0, 0.1) is 5.92 Å². The zero-order chi connectivity index (χ0) is 24.4. The maximum Gasteiger partial charge on any atom is 0.326 e. The Hall–Kier alpha value is -2.89. The fraction of sp³-hybridized carbons (Fsp3) is 0.750. The van der Waals surface area contributed by atoms with Gasteiger partial charge in [0.05, 0.1) is 6.04 Å². The highest BCUT2D eigenvalue weighted by Crippen LogP contribution is 2.20. The maximum absolute atomic E-state index is 13.2. The molecule has 9 N–H and O–H groups in total. The third-order valence-electron chi connectivity index (χ3n) is 5.13. The average molecular weight is 456 g/mol. The Morgan fingerprint density at radius 1 is 1.12 bits per heavy atom. The summed E-state index contributed by atoms with van der Waals surface area (Å²) in [7, 11) is 0. The van der Waals surface area contributed by atoms with E-state index in [9.17, 15) is 24.3 Å². The number of carboxylic acid groups (broad SMARTS) is 1. The minimum atomic E-state index is -1.12. The van der Waals surface area contributed by atoms with Crippen LogP contribution in [0.1, 0.15) is 52.9 Å². The molecule has 0 aliphatic carbocycles. The van der Waals surface area contributed by atoms with Crippen molar-refractivity contribution in [1.29, 1.82) is 0 Å². The van der Waals surface area contributed by atoms with Crippen LogP contribution in [0.25, 0.3) is 0 Å². The molecule has 32 heavy (non-hydrogen) atoms. The van der Waals surface area contributed by atoms with Gasteiger partial charge in [0.15, 0.2) is 5.96 Å². The molecule has 0 spiro atoms. The van der Waals surface area contributed by atoms with Crippen molar-refractivity contribution >= 4 is 29.7 Å². The Labute approximate surface area is 188 Å². The molecule has 0 aromatic rings. The van der Waals surface area contributed by atoms with E-state index in [-0.39, 0.29) is 31.3 Å². The highest BCUT2D eigenvalue weighted by molar-refractivity contribution is 5.94. The number of amides is 3. The Kier molecular flexibility index (Phi) is 10.9. The molecule has 4 atom stereocenters. The van der Waals surface area contributed by atoms with Crippen LogP contribution in [-0.2, 0) is 19.2 Å². The van der Waals surface area contributed by atoms with Gasteiger partial charge in [-0.25, -0.2) is 4.79 Å². The third kappa shape index (κ3) is 8.69. The molecule has 0 aromatic heterocycles. The second-order valence-corrected chi connectivity index (χ2v) is 8.52. The molecule has 1 aliphatic heterocycles. The molecular formula is C20H37N7O5. The molecule has 1 saturated heterocycles. The van der Waals surface area contributed by atoms with Gasteiger partial charge in [-0.05, 0) is 44.9 Å². The maximum atomic E-state index is 13.2. The van der Waals surface area contributed by atoms with Gasteiger partial charge in [0.25, 0.3) is 0 Å². The molecule has 12 nitrogen and oxygen atoms in total. The summed E-state index contributed by atoms with van der Waals surface area (Å²) in [5, 5.41) is 14.6. The Morgan fingerprint density at radius 2 is 1.78 bits per heavy atom. The van der Waals surface area contributed by atoms with Gasteiger partial charge in [0, 0.05) is 13.1 Å². The van der Waals surface area contributed by atoms with E-state index in [1.807, 2.05) is 13.8 Å². The largest absolute Gasteiger partial charge is 0.480 e. The zero-order valence-corrected chi connectivity index (χ0v) is 19.0. The van der Waals surface area contributed by atoms with Crippen molar-refractivity contribution in [2.24, 2.45) is 28.1 Å². The van der Waals surface area contributed by atoms with Crippen molar-refractivity contribution < 1.29 is 24.3 Å². The average Bonchev–Trinajstić information content (AvgIpc) is 3.18. The van der Waals surface area contributed by atoms with Crippen LogP contribution in [0.2, 0.25) is 0 Å². The second kappa shape index (κ2) is 12.8. The summed E-state index contributed by atoms with van der Waals surface area (Å²) in [6.07, 6.45) is 1.96. The van der Waals surface area contributed by atoms with Crippen LogP contribution in [0.3, 0.4) is 0 Å². The number of nitrogens with zero attached hydrogens (tertiary/aromatic N) is 2. The summed E-state index contributed by atoms with van der Waals surface area (Å²) in [5.41, 5.74) is 16.2. The van der Waals surface area contributed by atoms with Crippen molar-refractivity contribution in [3.63, 3.8) is 0 Å². The van der Waals surface area contributed by atoms with Crippen molar-refractivity contribution in [3.8, 4) is 0 Å². The summed E-state index contributed by atoms with van der Waals surface area (Å²) in [6.45, 7) is 5.84. The lowest BCUT2D eigenvalue weighted by molar-refractivity contribution is -0.145. The first-order chi connectivity index (χ1) is 14.9. The smallest absolute Gasteiger partial charge is 0.326 e. The highest BCUT2D eigenvalue weighted by Gasteiger charge is 2.38. The van der Waals surface area contributed by atoms with Crippen molar-refractivity contribution in [2.45, 2.75) is 77.0 Å². The van der Waals surface area contributed by atoms with Gasteiger partial charge in [0.1, 0.15) is 18.1 Å². The molecule has 1 aliphatic rings. The van der Waals surface area contributed by atoms with E-state index in [0.717, 1.165) is 0 Å². The number of aliphatic imine (C=N–C) groups is 1. The first kappa shape index (κ1) is 27.1. The SMILES string of the molecule is CC(C)C[C@H](NC(=O)[C@@H]1CCCN1C(=O)[C@H](CCCN=C(N)N)NC(=O)[C@H](C)N)C(=O)O. The normalized spacial score (nSPS) is 18.5. The molecule has 3 amide bonds. The second-order valence-electron chi connectivity index (χ2n) is 8.52. The number of nitrogens with one attached hydrogen (secondary N) is 2. The number of rotatable bonds is 12. The van der Waals surface area contributed by atoms with Crippen LogP contribution in [0.4, 0.5) is 0 Å². The number of guanidine groups is 1. The Bertz CT molecular complexity index is 706. The van der Waals surface area contributed by atoms with Gasteiger partial charge in [-0.3, -0.25) is 19.4 Å². The molecule has 1 heterocycles.